The van der Waals surface area contributed by atoms with E-state index in [0.29, 0.717) is 0 Å². The molecule has 1 rings (SSSR count). The summed E-state index contributed by atoms with van der Waals surface area (Å²) < 4.78 is 5.02. The van der Waals surface area contributed by atoms with Crippen molar-refractivity contribution in [2.24, 2.45) is 0 Å². The van der Waals surface area contributed by atoms with Gasteiger partial charge < -0.3 is 4.52 Å². The van der Waals surface area contributed by atoms with Crippen molar-refractivity contribution in [1.29, 1.82) is 5.26 Å². The Bertz CT molecular complexity index is 229. The van der Waals surface area contributed by atoms with Gasteiger partial charge in [0, 0.05) is 0 Å². The minimum Gasteiger partial charge on any atom is -0.462 e. The Morgan fingerprint density at radius 2 is 2.00 bits per heavy atom. The van der Waals surface area contributed by atoms with Crippen LogP contribution in [0, 0.1) is 11.1 Å². The minimum absolute atomic E-state index is 0.102. The summed E-state index contributed by atoms with van der Waals surface area (Å²) >= 11 is 0. The number of hydrogen-bond donors (Lipinski definition) is 0. The SMILES string of the molecule is N#CPOc1ccccc1. The molecule has 0 N–H and O–H groups in total. The highest BCUT2D eigenvalue weighted by molar-refractivity contribution is 7.38. The maximum atomic E-state index is 8.16. The second-order valence-corrected chi connectivity index (χ2v) is 2.26. The van der Waals surface area contributed by atoms with Crippen molar-refractivity contribution < 1.29 is 4.52 Å². The standard InChI is InChI=1S/C7H6NOP/c8-6-10-9-7-4-2-1-3-5-7/h1-5,10H. The molecule has 0 spiro atoms. The van der Waals surface area contributed by atoms with Crippen molar-refractivity contribution in [2.45, 2.75) is 0 Å². The fourth-order valence-corrected chi connectivity index (χ4v) is 0.870. The zero-order valence-corrected chi connectivity index (χ0v) is 6.24. The molecule has 50 valence electrons. The van der Waals surface area contributed by atoms with Crippen LogP contribution in [0.3, 0.4) is 0 Å². The number of hydrogen-bond acceptors (Lipinski definition) is 2. The number of nitriles is 1. The maximum Gasteiger partial charge on any atom is 0.180 e. The van der Waals surface area contributed by atoms with Crippen LogP contribution in [0.4, 0.5) is 0 Å². The highest BCUT2D eigenvalue weighted by atomic mass is 31.1. The van der Waals surface area contributed by atoms with Crippen LogP contribution in [0.2, 0.25) is 0 Å². The van der Waals surface area contributed by atoms with Gasteiger partial charge in [-0.05, 0) is 12.1 Å². The van der Waals surface area contributed by atoms with Crippen LogP contribution < -0.4 is 4.52 Å². The second kappa shape index (κ2) is 3.87. The molecule has 1 aromatic rings. The Kier molecular flexibility index (Phi) is 2.73. The number of para-hydroxylation sites is 1. The van der Waals surface area contributed by atoms with Crippen molar-refractivity contribution in [1.82, 2.24) is 0 Å². The number of rotatable bonds is 2. The monoisotopic (exact) mass is 151 g/mol. The molecule has 0 aliphatic rings. The van der Waals surface area contributed by atoms with Gasteiger partial charge in [-0.3, -0.25) is 0 Å². The normalized spacial score (nSPS) is 9.50. The Balaban J connectivity index is 2.52. The molecule has 0 aliphatic carbocycles. The first-order valence-electron chi connectivity index (χ1n) is 2.79. The highest BCUT2D eigenvalue weighted by Crippen LogP contribution is 2.17. The Morgan fingerprint density at radius 1 is 1.30 bits per heavy atom. The molecule has 0 fully saturated rings. The van der Waals surface area contributed by atoms with E-state index in [1.165, 1.54) is 0 Å². The van der Waals surface area contributed by atoms with Crippen LogP contribution in [-0.4, -0.2) is 0 Å². The lowest BCUT2D eigenvalue weighted by Gasteiger charge is -1.96. The second-order valence-electron chi connectivity index (χ2n) is 1.63. The first-order valence-corrected chi connectivity index (χ1v) is 3.70. The van der Waals surface area contributed by atoms with Crippen LogP contribution in [0.5, 0.6) is 5.75 Å². The van der Waals surface area contributed by atoms with Gasteiger partial charge in [0.25, 0.3) is 0 Å². The van der Waals surface area contributed by atoms with Gasteiger partial charge in [-0.15, -0.1) is 0 Å². The van der Waals surface area contributed by atoms with Crippen LogP contribution in [0.15, 0.2) is 30.3 Å². The average Bonchev–Trinajstić information content (AvgIpc) is 2.03. The predicted molar refractivity (Wildman–Crippen MR) is 41.0 cm³/mol. The zero-order chi connectivity index (χ0) is 7.23. The number of benzene rings is 1. The van der Waals surface area contributed by atoms with Crippen LogP contribution in [0.25, 0.3) is 0 Å². The molecule has 3 heteroatoms. The molecule has 0 amide bonds. The Hall–Kier alpha value is -1.06. The van der Waals surface area contributed by atoms with Crippen LogP contribution in [0.1, 0.15) is 0 Å². The van der Waals surface area contributed by atoms with E-state index < -0.39 is 0 Å². The van der Waals surface area contributed by atoms with Gasteiger partial charge in [-0.25, -0.2) is 0 Å². The van der Waals surface area contributed by atoms with E-state index in [1.54, 1.807) is 0 Å². The van der Waals surface area contributed by atoms with E-state index in [1.807, 2.05) is 36.1 Å². The molecule has 0 aromatic heterocycles. The quantitative estimate of drug-likeness (QED) is 0.606. The lowest BCUT2D eigenvalue weighted by Crippen LogP contribution is -1.73. The van der Waals surface area contributed by atoms with Gasteiger partial charge in [0.05, 0.1) is 0 Å². The molecule has 0 heterocycles. The summed E-state index contributed by atoms with van der Waals surface area (Å²) in [6, 6.07) is 9.30. The van der Waals surface area contributed by atoms with Gasteiger partial charge >= 0.3 is 0 Å². The van der Waals surface area contributed by atoms with Gasteiger partial charge in [0.1, 0.15) is 11.6 Å². The third kappa shape index (κ3) is 2.05. The molecular formula is C7H6NOP. The molecular weight excluding hydrogens is 145 g/mol. The summed E-state index contributed by atoms with van der Waals surface area (Å²) in [6.07, 6.45) is 0. The summed E-state index contributed by atoms with van der Waals surface area (Å²) in [5.74, 6) is 2.67. The minimum atomic E-state index is -0.102. The molecule has 0 radical (unpaired) electrons. The van der Waals surface area contributed by atoms with Crippen molar-refractivity contribution >= 4 is 8.81 Å². The fraction of sp³-hybridized carbons (Fsp3) is 0. The van der Waals surface area contributed by atoms with Crippen molar-refractivity contribution in [3.8, 4) is 11.6 Å². The summed E-state index contributed by atoms with van der Waals surface area (Å²) in [5.41, 5.74) is 0. The fourth-order valence-electron chi connectivity index (χ4n) is 0.570. The van der Waals surface area contributed by atoms with Gasteiger partial charge in [-0.2, -0.15) is 5.26 Å². The van der Waals surface area contributed by atoms with E-state index in [0.717, 1.165) is 5.75 Å². The van der Waals surface area contributed by atoms with Gasteiger partial charge in [-0.1, -0.05) is 18.2 Å². The van der Waals surface area contributed by atoms with Crippen molar-refractivity contribution in [2.75, 3.05) is 0 Å². The van der Waals surface area contributed by atoms with E-state index in [2.05, 4.69) is 0 Å². The van der Waals surface area contributed by atoms with Crippen molar-refractivity contribution in [3.05, 3.63) is 30.3 Å². The summed E-state index contributed by atoms with van der Waals surface area (Å²) in [6.45, 7) is 0. The molecule has 1 aromatic carbocycles. The highest BCUT2D eigenvalue weighted by Gasteiger charge is 1.86. The lowest BCUT2D eigenvalue weighted by atomic mass is 10.3. The first-order chi connectivity index (χ1) is 4.93. The smallest absolute Gasteiger partial charge is 0.180 e. The summed E-state index contributed by atoms with van der Waals surface area (Å²) in [4.78, 5) is 0. The zero-order valence-electron chi connectivity index (χ0n) is 5.24. The molecule has 1 atom stereocenters. The van der Waals surface area contributed by atoms with Crippen LogP contribution in [-0.2, 0) is 0 Å². The molecule has 0 saturated heterocycles. The molecule has 1 unspecified atom stereocenters. The summed E-state index contributed by atoms with van der Waals surface area (Å²) in [7, 11) is -0.102. The van der Waals surface area contributed by atoms with E-state index in [-0.39, 0.29) is 8.81 Å². The van der Waals surface area contributed by atoms with Gasteiger partial charge in [0.15, 0.2) is 8.81 Å². The van der Waals surface area contributed by atoms with Crippen LogP contribution >= 0.6 is 8.81 Å². The molecule has 0 bridgehead atoms. The molecule has 0 saturated carbocycles. The molecule has 10 heavy (non-hydrogen) atoms. The summed E-state index contributed by atoms with van der Waals surface area (Å²) in [5, 5.41) is 8.16. The van der Waals surface area contributed by atoms with Gasteiger partial charge in [0.2, 0.25) is 0 Å². The topological polar surface area (TPSA) is 33.0 Å². The number of nitrogens with zero attached hydrogens (tertiary/aromatic N) is 1. The predicted octanol–water partition coefficient (Wildman–Crippen LogP) is 2.14. The Morgan fingerprint density at radius 3 is 2.60 bits per heavy atom. The lowest BCUT2D eigenvalue weighted by molar-refractivity contribution is 0.639. The Labute approximate surface area is 61.3 Å². The van der Waals surface area contributed by atoms with Crippen molar-refractivity contribution in [3.63, 3.8) is 0 Å². The molecule has 2 nitrogen and oxygen atoms in total. The molecule has 0 aliphatic heterocycles. The van der Waals surface area contributed by atoms with E-state index in [4.69, 9.17) is 9.79 Å². The third-order valence-electron chi connectivity index (χ3n) is 0.958. The average molecular weight is 151 g/mol. The van der Waals surface area contributed by atoms with E-state index in [9.17, 15) is 0 Å². The largest absolute Gasteiger partial charge is 0.462 e. The third-order valence-corrected chi connectivity index (χ3v) is 1.39. The maximum absolute atomic E-state index is 8.16. The first kappa shape index (κ1) is 7.05. The van der Waals surface area contributed by atoms with E-state index >= 15 is 0 Å².